The first-order valence-electron chi connectivity index (χ1n) is 15.3. The summed E-state index contributed by atoms with van der Waals surface area (Å²) in [6.07, 6.45) is 29.3. The largest absolute Gasteiger partial charge is 0.396 e. The van der Waals surface area contributed by atoms with Crippen molar-refractivity contribution in [2.24, 2.45) is 5.92 Å². The maximum Gasteiger partial charge on any atom is 0.138 e. The Morgan fingerprint density at radius 2 is 0.824 bits per heavy atom. The van der Waals surface area contributed by atoms with Crippen molar-refractivity contribution in [1.29, 1.82) is 0 Å². The van der Waals surface area contributed by atoms with Gasteiger partial charge in [0.15, 0.2) is 0 Å². The van der Waals surface area contributed by atoms with Crippen molar-refractivity contribution in [3.05, 3.63) is 0 Å². The summed E-state index contributed by atoms with van der Waals surface area (Å²) in [6, 6.07) is 0. The van der Waals surface area contributed by atoms with E-state index in [2.05, 4.69) is 13.8 Å². The molecule has 0 heterocycles. The fourth-order valence-electron chi connectivity index (χ4n) is 4.81. The quantitative estimate of drug-likeness (QED) is 0.113. The van der Waals surface area contributed by atoms with Gasteiger partial charge in [0.2, 0.25) is 0 Å². The van der Waals surface area contributed by atoms with E-state index in [0.717, 1.165) is 25.7 Å². The number of unbranched alkanes of at least 4 members (excludes halogenated alkanes) is 20. The first kappa shape index (κ1) is 33.3. The van der Waals surface area contributed by atoms with Crippen LogP contribution in [0.1, 0.15) is 174 Å². The van der Waals surface area contributed by atoms with E-state index in [1.54, 1.807) is 0 Å². The number of Topliss-reactive ketones (excluding diaryl/α,β-unsaturated/α-hetero) is 2. The Balaban J connectivity index is 3.60. The van der Waals surface area contributed by atoms with Crippen LogP contribution in [0.25, 0.3) is 0 Å². The van der Waals surface area contributed by atoms with E-state index < -0.39 is 5.92 Å². The van der Waals surface area contributed by atoms with Crippen LogP contribution in [0, 0.1) is 5.92 Å². The van der Waals surface area contributed by atoms with Gasteiger partial charge in [-0.1, -0.05) is 142 Å². The van der Waals surface area contributed by atoms with Crippen molar-refractivity contribution in [2.45, 2.75) is 174 Å². The Morgan fingerprint density at radius 1 is 0.500 bits per heavy atom. The molecule has 0 bridgehead atoms. The molecule has 202 valence electrons. The molecule has 1 unspecified atom stereocenters. The van der Waals surface area contributed by atoms with Gasteiger partial charge in [0.05, 0.1) is 6.61 Å². The Morgan fingerprint density at radius 3 is 1.18 bits per heavy atom. The molecule has 0 fully saturated rings. The van der Waals surface area contributed by atoms with Crippen LogP contribution in [-0.2, 0) is 9.59 Å². The summed E-state index contributed by atoms with van der Waals surface area (Å²) < 4.78 is 0. The molecular formula is C31H60O3. The van der Waals surface area contributed by atoms with E-state index in [4.69, 9.17) is 0 Å². The average molecular weight is 481 g/mol. The second kappa shape index (κ2) is 26.9. The van der Waals surface area contributed by atoms with Gasteiger partial charge in [-0.3, -0.25) is 9.59 Å². The first-order chi connectivity index (χ1) is 16.7. The van der Waals surface area contributed by atoms with E-state index in [9.17, 15) is 14.7 Å². The summed E-state index contributed by atoms with van der Waals surface area (Å²) in [5, 5.41) is 9.61. The minimum atomic E-state index is -0.469. The van der Waals surface area contributed by atoms with Crippen LogP contribution in [0.3, 0.4) is 0 Å². The zero-order valence-electron chi connectivity index (χ0n) is 23.2. The lowest BCUT2D eigenvalue weighted by atomic mass is 9.93. The average Bonchev–Trinajstić information content (AvgIpc) is 2.84. The summed E-state index contributed by atoms with van der Waals surface area (Å²) in [5.41, 5.74) is 0. The van der Waals surface area contributed by atoms with Crippen molar-refractivity contribution in [1.82, 2.24) is 0 Å². The molecule has 0 aromatic rings. The number of ketones is 2. The van der Waals surface area contributed by atoms with Crippen LogP contribution in [0.4, 0.5) is 0 Å². The van der Waals surface area contributed by atoms with Gasteiger partial charge < -0.3 is 5.11 Å². The molecule has 0 aromatic heterocycles. The Kier molecular flexibility index (Phi) is 26.3. The number of rotatable bonds is 28. The standard InChI is InChI=1S/C31H60O3/c1-3-5-7-9-11-13-15-17-19-21-23-25-30(33)27-29(28-32)31(34)26-24-22-20-18-16-14-12-10-8-6-4-2/h29,32H,3-28H2,1-2H3. The Bertz CT molecular complexity index is 446. The van der Waals surface area contributed by atoms with Crippen molar-refractivity contribution >= 4 is 11.6 Å². The molecule has 0 aliphatic carbocycles. The molecule has 1 N–H and O–H groups in total. The van der Waals surface area contributed by atoms with E-state index in [1.165, 1.54) is 116 Å². The van der Waals surface area contributed by atoms with Gasteiger partial charge in [0.25, 0.3) is 0 Å². The minimum absolute atomic E-state index is 0.0886. The van der Waals surface area contributed by atoms with Gasteiger partial charge in [-0.25, -0.2) is 0 Å². The number of carbonyl (C=O) groups excluding carboxylic acids is 2. The van der Waals surface area contributed by atoms with Crippen LogP contribution >= 0.6 is 0 Å². The third kappa shape index (κ3) is 23.1. The minimum Gasteiger partial charge on any atom is -0.396 e. The maximum atomic E-state index is 12.4. The van der Waals surface area contributed by atoms with Crippen molar-refractivity contribution in [3.63, 3.8) is 0 Å². The topological polar surface area (TPSA) is 54.4 Å². The summed E-state index contributed by atoms with van der Waals surface area (Å²) in [7, 11) is 0. The fraction of sp³-hybridized carbons (Fsp3) is 0.935. The maximum absolute atomic E-state index is 12.4. The van der Waals surface area contributed by atoms with Crippen LogP contribution in [-0.4, -0.2) is 23.3 Å². The highest BCUT2D eigenvalue weighted by molar-refractivity contribution is 5.88. The summed E-state index contributed by atoms with van der Waals surface area (Å²) in [4.78, 5) is 24.7. The number of hydrogen-bond donors (Lipinski definition) is 1. The zero-order valence-corrected chi connectivity index (χ0v) is 23.2. The van der Waals surface area contributed by atoms with Crippen molar-refractivity contribution in [3.8, 4) is 0 Å². The summed E-state index contributed by atoms with van der Waals surface area (Å²) in [5.74, 6) is -0.226. The fourth-order valence-corrected chi connectivity index (χ4v) is 4.81. The van der Waals surface area contributed by atoms with E-state index in [1.807, 2.05) is 0 Å². The monoisotopic (exact) mass is 480 g/mol. The third-order valence-corrected chi connectivity index (χ3v) is 7.24. The molecule has 0 aromatic carbocycles. The second-order valence-electron chi connectivity index (χ2n) is 10.7. The van der Waals surface area contributed by atoms with Crippen LogP contribution < -0.4 is 0 Å². The highest BCUT2D eigenvalue weighted by Crippen LogP contribution is 2.17. The molecule has 3 nitrogen and oxygen atoms in total. The number of hydrogen-bond acceptors (Lipinski definition) is 3. The SMILES string of the molecule is CCCCCCCCCCCCCC(=O)CC(CO)C(=O)CCCCCCCCCCCCC. The predicted molar refractivity (Wildman–Crippen MR) is 147 cm³/mol. The van der Waals surface area contributed by atoms with Gasteiger partial charge in [0, 0.05) is 25.2 Å². The predicted octanol–water partition coefficient (Wildman–Crippen LogP) is 9.53. The first-order valence-corrected chi connectivity index (χ1v) is 15.3. The van der Waals surface area contributed by atoms with E-state index in [-0.39, 0.29) is 24.6 Å². The molecule has 3 heteroatoms. The number of aliphatic hydroxyl groups is 1. The Labute approximate surface area is 213 Å². The third-order valence-electron chi connectivity index (χ3n) is 7.24. The smallest absolute Gasteiger partial charge is 0.138 e. The molecule has 0 aliphatic rings. The molecule has 0 amide bonds. The molecule has 1 atom stereocenters. The Hall–Kier alpha value is -0.700. The molecule has 0 radical (unpaired) electrons. The summed E-state index contributed by atoms with van der Waals surface area (Å²) in [6.45, 7) is 4.33. The molecule has 0 saturated carbocycles. The lowest BCUT2D eigenvalue weighted by Gasteiger charge is -2.12. The lowest BCUT2D eigenvalue weighted by molar-refractivity contribution is -0.129. The molecule has 0 saturated heterocycles. The van der Waals surface area contributed by atoms with Gasteiger partial charge in [0.1, 0.15) is 11.6 Å². The zero-order chi connectivity index (χ0) is 25.1. The molecular weight excluding hydrogens is 420 g/mol. The molecule has 34 heavy (non-hydrogen) atoms. The van der Waals surface area contributed by atoms with Crippen LogP contribution in [0.2, 0.25) is 0 Å². The number of aliphatic hydroxyl groups excluding tert-OH is 1. The van der Waals surface area contributed by atoms with Gasteiger partial charge in [-0.05, 0) is 12.8 Å². The van der Waals surface area contributed by atoms with E-state index in [0.29, 0.717) is 12.8 Å². The normalized spacial score (nSPS) is 12.2. The van der Waals surface area contributed by atoms with Crippen LogP contribution in [0.15, 0.2) is 0 Å². The molecule has 0 aliphatic heterocycles. The van der Waals surface area contributed by atoms with Crippen LogP contribution in [0.5, 0.6) is 0 Å². The van der Waals surface area contributed by atoms with Crippen molar-refractivity contribution in [2.75, 3.05) is 6.61 Å². The number of carbonyl (C=O) groups is 2. The lowest BCUT2D eigenvalue weighted by Crippen LogP contribution is -2.22. The molecule has 0 spiro atoms. The van der Waals surface area contributed by atoms with Gasteiger partial charge >= 0.3 is 0 Å². The van der Waals surface area contributed by atoms with E-state index >= 15 is 0 Å². The summed E-state index contributed by atoms with van der Waals surface area (Å²) >= 11 is 0. The second-order valence-corrected chi connectivity index (χ2v) is 10.7. The van der Waals surface area contributed by atoms with Gasteiger partial charge in [-0.2, -0.15) is 0 Å². The van der Waals surface area contributed by atoms with Gasteiger partial charge in [-0.15, -0.1) is 0 Å². The van der Waals surface area contributed by atoms with Crippen molar-refractivity contribution < 1.29 is 14.7 Å². The highest BCUT2D eigenvalue weighted by Gasteiger charge is 2.20. The molecule has 0 rings (SSSR count). The highest BCUT2D eigenvalue weighted by atomic mass is 16.3.